The van der Waals surface area contributed by atoms with Crippen LogP contribution in [0.2, 0.25) is 0 Å². The lowest BCUT2D eigenvalue weighted by Crippen LogP contribution is -2.38. The van der Waals surface area contributed by atoms with Crippen molar-refractivity contribution < 1.29 is 9.47 Å². The van der Waals surface area contributed by atoms with Crippen LogP contribution in [0.15, 0.2) is 16.6 Å². The van der Waals surface area contributed by atoms with Crippen molar-refractivity contribution >= 4 is 15.9 Å². The van der Waals surface area contributed by atoms with E-state index in [2.05, 4.69) is 33.9 Å². The highest BCUT2D eigenvalue weighted by molar-refractivity contribution is 9.10. The Morgan fingerprint density at radius 3 is 2.43 bits per heavy atom. The molecular weight excluding hydrogens is 332 g/mol. The fourth-order valence-corrected chi connectivity index (χ4v) is 3.62. The van der Waals surface area contributed by atoms with Gasteiger partial charge in [-0.05, 0) is 50.4 Å². The number of ether oxygens (including phenoxy) is 2. The summed E-state index contributed by atoms with van der Waals surface area (Å²) < 4.78 is 12.4. The van der Waals surface area contributed by atoms with E-state index in [-0.39, 0.29) is 0 Å². The molecule has 0 atom stereocenters. The third kappa shape index (κ3) is 3.52. The van der Waals surface area contributed by atoms with E-state index < -0.39 is 0 Å². The number of rotatable bonds is 3. The summed E-state index contributed by atoms with van der Waals surface area (Å²) in [5, 5.41) is 0. The van der Waals surface area contributed by atoms with Crippen LogP contribution in [-0.2, 0) is 6.54 Å². The molecule has 0 saturated heterocycles. The minimum Gasteiger partial charge on any atom is -0.486 e. The highest BCUT2D eigenvalue weighted by atomic mass is 79.9. The first-order valence-electron chi connectivity index (χ1n) is 7.67. The highest BCUT2D eigenvalue weighted by Gasteiger charge is 2.23. The lowest BCUT2D eigenvalue weighted by atomic mass is 9.91. The monoisotopic (exact) mass is 354 g/mol. The van der Waals surface area contributed by atoms with E-state index in [0.717, 1.165) is 35.4 Å². The molecule has 1 aromatic rings. The van der Waals surface area contributed by atoms with E-state index in [0.29, 0.717) is 25.3 Å². The second-order valence-corrected chi connectivity index (χ2v) is 6.93. The zero-order valence-electron chi connectivity index (χ0n) is 12.5. The summed E-state index contributed by atoms with van der Waals surface area (Å²) in [6, 6.07) is 5.15. The van der Waals surface area contributed by atoms with Crippen LogP contribution < -0.4 is 15.2 Å². The van der Waals surface area contributed by atoms with E-state index in [9.17, 15) is 0 Å². The number of hydrogen-bond donors (Lipinski definition) is 1. The number of fused-ring (bicyclic) bond motifs is 1. The van der Waals surface area contributed by atoms with Gasteiger partial charge in [-0.2, -0.15) is 0 Å². The predicted molar refractivity (Wildman–Crippen MR) is 86.8 cm³/mol. The van der Waals surface area contributed by atoms with Crippen molar-refractivity contribution in [2.45, 2.75) is 44.3 Å². The topological polar surface area (TPSA) is 47.7 Å². The molecule has 0 amide bonds. The average Bonchev–Trinajstić information content (AvgIpc) is 2.48. The minimum absolute atomic E-state index is 0.399. The molecule has 0 radical (unpaired) electrons. The van der Waals surface area contributed by atoms with Crippen LogP contribution >= 0.6 is 15.9 Å². The molecule has 0 spiro atoms. The summed E-state index contributed by atoms with van der Waals surface area (Å²) in [6.45, 7) is 2.17. The van der Waals surface area contributed by atoms with Crippen LogP contribution in [0.3, 0.4) is 0 Å². The number of nitrogens with two attached hydrogens (primary N) is 1. The van der Waals surface area contributed by atoms with Gasteiger partial charge in [0.2, 0.25) is 0 Å². The lowest BCUT2D eigenvalue weighted by molar-refractivity contribution is 0.167. The van der Waals surface area contributed by atoms with E-state index in [4.69, 9.17) is 15.2 Å². The molecule has 1 heterocycles. The molecule has 0 unspecified atom stereocenters. The quantitative estimate of drug-likeness (QED) is 0.906. The maximum atomic E-state index is 5.99. The first kappa shape index (κ1) is 15.1. The summed E-state index contributed by atoms with van der Waals surface area (Å²) in [5.41, 5.74) is 7.24. The Balaban J connectivity index is 1.69. The maximum absolute atomic E-state index is 5.99. The van der Waals surface area contributed by atoms with Gasteiger partial charge in [0.05, 0.1) is 0 Å². The van der Waals surface area contributed by atoms with Gasteiger partial charge in [-0.15, -0.1) is 0 Å². The largest absolute Gasteiger partial charge is 0.486 e. The van der Waals surface area contributed by atoms with Crippen LogP contribution in [0.1, 0.15) is 31.2 Å². The molecular formula is C16H23BrN2O2. The van der Waals surface area contributed by atoms with Crippen molar-refractivity contribution in [3.05, 3.63) is 22.2 Å². The van der Waals surface area contributed by atoms with Gasteiger partial charge in [0.1, 0.15) is 13.2 Å². The molecule has 1 aromatic carbocycles. The highest BCUT2D eigenvalue weighted by Crippen LogP contribution is 2.36. The molecule has 0 aromatic heterocycles. The molecule has 4 nitrogen and oxygen atoms in total. The van der Waals surface area contributed by atoms with Gasteiger partial charge < -0.3 is 15.2 Å². The SMILES string of the molecule is CN(Cc1cc2c(cc1Br)OCCO2)C1CCC(N)CC1. The summed E-state index contributed by atoms with van der Waals surface area (Å²) in [5.74, 6) is 1.70. The predicted octanol–water partition coefficient (Wildman–Crippen LogP) is 2.92. The van der Waals surface area contributed by atoms with Crippen molar-refractivity contribution in [2.75, 3.05) is 20.3 Å². The lowest BCUT2D eigenvalue weighted by Gasteiger charge is -2.34. The molecule has 1 aliphatic heterocycles. The Morgan fingerprint density at radius 1 is 1.14 bits per heavy atom. The summed E-state index contributed by atoms with van der Waals surface area (Å²) in [7, 11) is 2.20. The standard InChI is InChI=1S/C16H23BrN2O2/c1-19(13-4-2-12(18)3-5-13)10-11-8-15-16(9-14(11)17)21-7-6-20-15/h8-9,12-13H,2-7,10,18H2,1H3. The first-order chi connectivity index (χ1) is 10.1. The van der Waals surface area contributed by atoms with E-state index in [1.807, 2.05) is 6.07 Å². The molecule has 1 saturated carbocycles. The Labute approximate surface area is 134 Å². The van der Waals surface area contributed by atoms with Crippen LogP contribution in [-0.4, -0.2) is 37.2 Å². The second kappa shape index (κ2) is 6.55. The van der Waals surface area contributed by atoms with Crippen molar-refractivity contribution in [2.24, 2.45) is 5.73 Å². The molecule has 21 heavy (non-hydrogen) atoms. The molecule has 116 valence electrons. The molecule has 2 N–H and O–H groups in total. The van der Waals surface area contributed by atoms with Gasteiger partial charge in [-0.25, -0.2) is 0 Å². The van der Waals surface area contributed by atoms with Gasteiger partial charge in [0.15, 0.2) is 11.5 Å². The molecule has 5 heteroatoms. The number of halogens is 1. The smallest absolute Gasteiger partial charge is 0.162 e. The third-order valence-corrected chi connectivity index (χ3v) is 5.23. The van der Waals surface area contributed by atoms with Gasteiger partial charge >= 0.3 is 0 Å². The average molecular weight is 355 g/mol. The Hall–Kier alpha value is -0.780. The van der Waals surface area contributed by atoms with Gasteiger partial charge in [-0.3, -0.25) is 4.90 Å². The Morgan fingerprint density at radius 2 is 1.76 bits per heavy atom. The van der Waals surface area contributed by atoms with E-state index >= 15 is 0 Å². The fraction of sp³-hybridized carbons (Fsp3) is 0.625. The van der Waals surface area contributed by atoms with E-state index in [1.54, 1.807) is 0 Å². The number of benzene rings is 1. The van der Waals surface area contributed by atoms with Crippen LogP contribution in [0.4, 0.5) is 0 Å². The van der Waals surface area contributed by atoms with Gasteiger partial charge in [0, 0.05) is 23.1 Å². The number of nitrogens with zero attached hydrogens (tertiary/aromatic N) is 1. The molecule has 2 aliphatic rings. The maximum Gasteiger partial charge on any atom is 0.162 e. The van der Waals surface area contributed by atoms with Gasteiger partial charge in [-0.1, -0.05) is 15.9 Å². The van der Waals surface area contributed by atoms with Gasteiger partial charge in [0.25, 0.3) is 0 Å². The van der Waals surface area contributed by atoms with Crippen molar-refractivity contribution in [3.8, 4) is 11.5 Å². The summed E-state index contributed by atoms with van der Waals surface area (Å²) in [6.07, 6.45) is 4.66. The van der Waals surface area contributed by atoms with Crippen LogP contribution in [0.5, 0.6) is 11.5 Å². The molecule has 1 aliphatic carbocycles. The molecule has 3 rings (SSSR count). The first-order valence-corrected chi connectivity index (χ1v) is 8.46. The normalized spacial score (nSPS) is 25.1. The van der Waals surface area contributed by atoms with Crippen molar-refractivity contribution in [3.63, 3.8) is 0 Å². The molecule has 0 bridgehead atoms. The Kier molecular flexibility index (Phi) is 4.72. The minimum atomic E-state index is 0.399. The van der Waals surface area contributed by atoms with Crippen molar-refractivity contribution in [1.82, 2.24) is 4.90 Å². The van der Waals surface area contributed by atoms with E-state index in [1.165, 1.54) is 18.4 Å². The summed E-state index contributed by atoms with van der Waals surface area (Å²) >= 11 is 3.66. The fourth-order valence-electron chi connectivity index (χ4n) is 3.17. The van der Waals surface area contributed by atoms with Crippen LogP contribution in [0.25, 0.3) is 0 Å². The molecule has 1 fully saturated rings. The zero-order valence-corrected chi connectivity index (χ0v) is 14.1. The number of hydrogen-bond acceptors (Lipinski definition) is 4. The Bertz CT molecular complexity index is 501. The van der Waals surface area contributed by atoms with Crippen LogP contribution in [0, 0.1) is 0 Å². The second-order valence-electron chi connectivity index (χ2n) is 6.07. The zero-order chi connectivity index (χ0) is 14.8. The van der Waals surface area contributed by atoms with Crippen molar-refractivity contribution in [1.29, 1.82) is 0 Å². The summed E-state index contributed by atoms with van der Waals surface area (Å²) in [4.78, 5) is 2.43. The third-order valence-electron chi connectivity index (χ3n) is 4.50.